The highest BCUT2D eigenvalue weighted by Crippen LogP contribution is 2.27. The van der Waals surface area contributed by atoms with Gasteiger partial charge in [-0.05, 0) is 12.1 Å². The zero-order valence-corrected chi connectivity index (χ0v) is 11.0. The zero-order valence-electron chi connectivity index (χ0n) is 10.2. The van der Waals surface area contributed by atoms with E-state index in [1.54, 1.807) is 23.0 Å². The van der Waals surface area contributed by atoms with E-state index in [4.69, 9.17) is 11.6 Å². The van der Waals surface area contributed by atoms with Gasteiger partial charge in [-0.3, -0.25) is 14.4 Å². The van der Waals surface area contributed by atoms with Gasteiger partial charge in [-0.25, -0.2) is 0 Å². The van der Waals surface area contributed by atoms with Gasteiger partial charge in [0.25, 0.3) is 0 Å². The monoisotopic (exact) mass is 281 g/mol. The van der Waals surface area contributed by atoms with Gasteiger partial charge in [0.1, 0.15) is 5.15 Å². The van der Waals surface area contributed by atoms with Crippen LogP contribution in [0.1, 0.15) is 0 Å². The van der Waals surface area contributed by atoms with Crippen molar-refractivity contribution in [2.75, 3.05) is 0 Å². The van der Waals surface area contributed by atoms with Gasteiger partial charge in [-0.2, -0.15) is 0 Å². The molecule has 0 aliphatic rings. The SMILES string of the molecule is Clc1cncc2nnc(-c3ccnc4ccccc34)n12. The molecule has 6 heteroatoms. The maximum Gasteiger partial charge on any atom is 0.180 e. The molecule has 0 saturated heterocycles. The van der Waals surface area contributed by atoms with Crippen LogP contribution in [0.15, 0.2) is 48.9 Å². The normalized spacial score (nSPS) is 11.2. The number of aromatic nitrogens is 5. The summed E-state index contributed by atoms with van der Waals surface area (Å²) in [5, 5.41) is 9.83. The van der Waals surface area contributed by atoms with E-state index in [0.29, 0.717) is 16.6 Å². The van der Waals surface area contributed by atoms with E-state index in [2.05, 4.69) is 20.2 Å². The molecule has 4 aromatic rings. The Labute approximate surface area is 118 Å². The summed E-state index contributed by atoms with van der Waals surface area (Å²) in [4.78, 5) is 8.37. The fraction of sp³-hybridized carbons (Fsp3) is 0. The lowest BCUT2D eigenvalue weighted by Gasteiger charge is -2.05. The van der Waals surface area contributed by atoms with Gasteiger partial charge in [0.15, 0.2) is 11.5 Å². The topological polar surface area (TPSA) is 56.0 Å². The summed E-state index contributed by atoms with van der Waals surface area (Å²) in [5.41, 5.74) is 2.47. The van der Waals surface area contributed by atoms with Crippen molar-refractivity contribution < 1.29 is 0 Å². The maximum atomic E-state index is 6.21. The molecule has 3 heterocycles. The van der Waals surface area contributed by atoms with Gasteiger partial charge in [-0.15, -0.1) is 10.2 Å². The smallest absolute Gasteiger partial charge is 0.180 e. The molecule has 0 spiro atoms. The maximum absolute atomic E-state index is 6.21. The lowest BCUT2D eigenvalue weighted by molar-refractivity contribution is 1.11. The van der Waals surface area contributed by atoms with E-state index in [9.17, 15) is 0 Å². The first-order valence-electron chi connectivity index (χ1n) is 6.03. The van der Waals surface area contributed by atoms with Crippen molar-refractivity contribution in [1.82, 2.24) is 24.6 Å². The van der Waals surface area contributed by atoms with Crippen molar-refractivity contribution in [3.63, 3.8) is 0 Å². The Kier molecular flexibility index (Phi) is 2.40. The first kappa shape index (κ1) is 11.3. The minimum atomic E-state index is 0.475. The summed E-state index contributed by atoms with van der Waals surface area (Å²) in [6.07, 6.45) is 4.96. The number of nitrogens with zero attached hydrogens (tertiary/aromatic N) is 5. The molecule has 0 aliphatic carbocycles. The van der Waals surface area contributed by atoms with Crippen LogP contribution in [0.2, 0.25) is 5.15 Å². The van der Waals surface area contributed by atoms with Crippen LogP contribution in [0, 0.1) is 0 Å². The Hall–Kier alpha value is -2.53. The Morgan fingerprint density at radius 1 is 1.00 bits per heavy atom. The van der Waals surface area contributed by atoms with Crippen LogP contribution in [-0.2, 0) is 0 Å². The number of hydrogen-bond acceptors (Lipinski definition) is 4. The molecule has 0 unspecified atom stereocenters. The summed E-state index contributed by atoms with van der Waals surface area (Å²) in [6, 6.07) is 9.81. The summed E-state index contributed by atoms with van der Waals surface area (Å²) in [5.74, 6) is 0.686. The fourth-order valence-electron chi connectivity index (χ4n) is 2.28. The van der Waals surface area contributed by atoms with Gasteiger partial charge in [0, 0.05) is 17.1 Å². The number of pyridine rings is 1. The summed E-state index contributed by atoms with van der Waals surface area (Å²) in [7, 11) is 0. The summed E-state index contributed by atoms with van der Waals surface area (Å²) < 4.78 is 1.77. The first-order chi connectivity index (χ1) is 9.84. The minimum Gasteiger partial charge on any atom is -0.262 e. The van der Waals surface area contributed by atoms with Gasteiger partial charge < -0.3 is 0 Å². The van der Waals surface area contributed by atoms with Crippen molar-refractivity contribution in [3.8, 4) is 11.4 Å². The van der Waals surface area contributed by atoms with Crippen LogP contribution in [0.5, 0.6) is 0 Å². The number of para-hydroxylation sites is 1. The van der Waals surface area contributed by atoms with E-state index in [1.807, 2.05) is 30.3 Å². The molecule has 3 aromatic heterocycles. The molecule has 1 aromatic carbocycles. The number of benzene rings is 1. The Bertz CT molecular complexity index is 926. The quantitative estimate of drug-likeness (QED) is 0.538. The zero-order chi connectivity index (χ0) is 13.5. The molecule has 0 atom stereocenters. The number of hydrogen-bond donors (Lipinski definition) is 0. The third-order valence-electron chi connectivity index (χ3n) is 3.16. The van der Waals surface area contributed by atoms with Gasteiger partial charge >= 0.3 is 0 Å². The van der Waals surface area contributed by atoms with Crippen molar-refractivity contribution in [2.45, 2.75) is 0 Å². The highest BCUT2D eigenvalue weighted by molar-refractivity contribution is 6.29. The lowest BCUT2D eigenvalue weighted by atomic mass is 10.1. The van der Waals surface area contributed by atoms with E-state index < -0.39 is 0 Å². The Balaban J connectivity index is 2.12. The van der Waals surface area contributed by atoms with Crippen molar-refractivity contribution in [1.29, 1.82) is 0 Å². The predicted molar refractivity (Wildman–Crippen MR) is 76.5 cm³/mol. The molecule has 0 bridgehead atoms. The molecular weight excluding hydrogens is 274 g/mol. The largest absolute Gasteiger partial charge is 0.262 e. The van der Waals surface area contributed by atoms with Crippen molar-refractivity contribution in [3.05, 3.63) is 54.1 Å². The minimum absolute atomic E-state index is 0.475. The average molecular weight is 282 g/mol. The highest BCUT2D eigenvalue weighted by Gasteiger charge is 2.13. The van der Waals surface area contributed by atoms with E-state index >= 15 is 0 Å². The molecule has 0 saturated carbocycles. The first-order valence-corrected chi connectivity index (χ1v) is 6.41. The fourth-order valence-corrected chi connectivity index (χ4v) is 2.50. The molecule has 96 valence electrons. The molecule has 0 fully saturated rings. The standard InChI is InChI=1S/C14H8ClN5/c15-12-7-16-8-13-18-19-14(20(12)13)10-5-6-17-11-4-2-1-3-9(10)11/h1-8H. The van der Waals surface area contributed by atoms with Crippen molar-refractivity contribution in [2.24, 2.45) is 0 Å². The number of halogens is 1. The molecule has 0 radical (unpaired) electrons. The highest BCUT2D eigenvalue weighted by atomic mass is 35.5. The third-order valence-corrected chi connectivity index (χ3v) is 3.43. The predicted octanol–water partition coefficient (Wildman–Crippen LogP) is 2.99. The molecular formula is C14H8ClN5. The second kappa shape index (κ2) is 4.25. The van der Waals surface area contributed by atoms with Crippen LogP contribution in [0.3, 0.4) is 0 Å². The molecule has 0 amide bonds. The molecule has 0 N–H and O–H groups in total. The third kappa shape index (κ3) is 1.57. The van der Waals surface area contributed by atoms with Crippen LogP contribution in [-0.4, -0.2) is 24.6 Å². The lowest BCUT2D eigenvalue weighted by Crippen LogP contribution is -1.93. The van der Waals surface area contributed by atoms with Crippen molar-refractivity contribution >= 4 is 28.2 Å². The van der Waals surface area contributed by atoms with Gasteiger partial charge in [0.05, 0.1) is 17.9 Å². The number of fused-ring (bicyclic) bond motifs is 2. The summed E-state index contributed by atoms with van der Waals surface area (Å²) >= 11 is 6.21. The van der Waals surface area contributed by atoms with Crippen LogP contribution >= 0.6 is 11.6 Å². The molecule has 5 nitrogen and oxygen atoms in total. The van der Waals surface area contributed by atoms with Gasteiger partial charge in [-0.1, -0.05) is 29.8 Å². The van der Waals surface area contributed by atoms with Crippen LogP contribution in [0.4, 0.5) is 0 Å². The van der Waals surface area contributed by atoms with Crippen LogP contribution in [0.25, 0.3) is 27.9 Å². The second-order valence-electron chi connectivity index (χ2n) is 4.32. The van der Waals surface area contributed by atoms with E-state index in [0.717, 1.165) is 16.5 Å². The van der Waals surface area contributed by atoms with E-state index in [-0.39, 0.29) is 0 Å². The van der Waals surface area contributed by atoms with Gasteiger partial charge in [0.2, 0.25) is 0 Å². The molecule has 4 rings (SSSR count). The summed E-state index contributed by atoms with van der Waals surface area (Å²) in [6.45, 7) is 0. The van der Waals surface area contributed by atoms with Crippen LogP contribution < -0.4 is 0 Å². The second-order valence-corrected chi connectivity index (χ2v) is 4.71. The Morgan fingerprint density at radius 2 is 1.90 bits per heavy atom. The van der Waals surface area contributed by atoms with E-state index in [1.165, 1.54) is 0 Å². The average Bonchev–Trinajstić information content (AvgIpc) is 2.92. The molecule has 20 heavy (non-hydrogen) atoms. The molecule has 0 aliphatic heterocycles. The Morgan fingerprint density at radius 3 is 2.85 bits per heavy atom. The number of rotatable bonds is 1.